The quantitative estimate of drug-likeness (QED) is 0.684. The molecule has 0 aliphatic heterocycles. The molecule has 0 fully saturated rings. The lowest BCUT2D eigenvalue weighted by Gasteiger charge is -2.10. The third kappa shape index (κ3) is 3.51. The minimum atomic E-state index is -0.306. The Morgan fingerprint density at radius 1 is 1.10 bits per heavy atom. The van der Waals surface area contributed by atoms with Crippen molar-refractivity contribution in [2.24, 2.45) is 11.0 Å². The molecule has 1 aromatic heterocycles. The zero-order valence-electron chi connectivity index (χ0n) is 11.6. The molecule has 102 valence electrons. The highest BCUT2D eigenvalue weighted by Crippen LogP contribution is 2.09. The van der Waals surface area contributed by atoms with Crippen LogP contribution in [0, 0.1) is 5.92 Å². The van der Waals surface area contributed by atoms with E-state index in [9.17, 15) is 4.79 Å². The standard InChI is InChI=1S/C16H17N3O/c1-12(2)15(13-8-4-3-5-9-13)18-19-16(20)14-10-6-7-11-17-14/h3-12H,1-2H3,(H,19,20)/b18-15-. The number of benzene rings is 1. The summed E-state index contributed by atoms with van der Waals surface area (Å²) in [5.41, 5.74) is 4.77. The van der Waals surface area contributed by atoms with Gasteiger partial charge < -0.3 is 0 Å². The maximum atomic E-state index is 11.9. The van der Waals surface area contributed by atoms with Gasteiger partial charge in [0.2, 0.25) is 0 Å². The molecule has 2 aromatic rings. The van der Waals surface area contributed by atoms with Crippen LogP contribution in [0.25, 0.3) is 0 Å². The lowest BCUT2D eigenvalue weighted by Crippen LogP contribution is -2.23. The van der Waals surface area contributed by atoms with E-state index in [2.05, 4.69) is 15.5 Å². The molecule has 1 N–H and O–H groups in total. The second kappa shape index (κ2) is 6.61. The molecule has 0 saturated heterocycles. The number of hydrogen-bond acceptors (Lipinski definition) is 3. The number of amides is 1. The predicted octanol–water partition coefficient (Wildman–Crippen LogP) is 2.87. The smallest absolute Gasteiger partial charge is 0.266 e. The molecule has 0 bridgehead atoms. The van der Waals surface area contributed by atoms with Crippen LogP contribution < -0.4 is 5.43 Å². The van der Waals surface area contributed by atoms with Crippen molar-refractivity contribution in [3.8, 4) is 0 Å². The predicted molar refractivity (Wildman–Crippen MR) is 79.5 cm³/mol. The summed E-state index contributed by atoms with van der Waals surface area (Å²) in [5, 5.41) is 4.25. The van der Waals surface area contributed by atoms with Crippen LogP contribution in [0.5, 0.6) is 0 Å². The van der Waals surface area contributed by atoms with Gasteiger partial charge in [0.15, 0.2) is 0 Å². The van der Waals surface area contributed by atoms with Gasteiger partial charge in [0.05, 0.1) is 5.71 Å². The SMILES string of the molecule is CC(C)/C(=N/NC(=O)c1ccccn1)c1ccccc1. The average Bonchev–Trinajstić information content (AvgIpc) is 2.49. The lowest BCUT2D eigenvalue weighted by molar-refractivity contribution is 0.0950. The third-order valence-electron chi connectivity index (χ3n) is 2.79. The van der Waals surface area contributed by atoms with E-state index < -0.39 is 0 Å². The number of carbonyl (C=O) groups is 1. The second-order valence-corrected chi connectivity index (χ2v) is 4.67. The van der Waals surface area contributed by atoms with Crippen molar-refractivity contribution in [1.82, 2.24) is 10.4 Å². The summed E-state index contributed by atoms with van der Waals surface area (Å²) in [6.07, 6.45) is 1.58. The van der Waals surface area contributed by atoms with Crippen LogP contribution in [0.3, 0.4) is 0 Å². The molecule has 1 amide bonds. The van der Waals surface area contributed by atoms with Crippen LogP contribution in [-0.2, 0) is 0 Å². The number of hydrazone groups is 1. The molecule has 0 spiro atoms. The molecule has 0 aliphatic rings. The van der Waals surface area contributed by atoms with Crippen LogP contribution in [0.15, 0.2) is 59.8 Å². The van der Waals surface area contributed by atoms with Crippen LogP contribution in [-0.4, -0.2) is 16.6 Å². The highest BCUT2D eigenvalue weighted by Gasteiger charge is 2.10. The molecule has 2 rings (SSSR count). The number of pyridine rings is 1. The summed E-state index contributed by atoms with van der Waals surface area (Å²) in [5.74, 6) is -0.0962. The molecule has 20 heavy (non-hydrogen) atoms. The lowest BCUT2D eigenvalue weighted by atomic mass is 10.0. The Morgan fingerprint density at radius 3 is 2.40 bits per heavy atom. The number of aromatic nitrogens is 1. The van der Waals surface area contributed by atoms with Gasteiger partial charge in [-0.15, -0.1) is 0 Å². The number of hydrogen-bond donors (Lipinski definition) is 1. The van der Waals surface area contributed by atoms with Gasteiger partial charge in [-0.2, -0.15) is 5.10 Å². The number of nitrogens with one attached hydrogen (secondary N) is 1. The van der Waals surface area contributed by atoms with E-state index in [-0.39, 0.29) is 11.8 Å². The summed E-state index contributed by atoms with van der Waals surface area (Å²) >= 11 is 0. The van der Waals surface area contributed by atoms with Gasteiger partial charge >= 0.3 is 0 Å². The van der Waals surface area contributed by atoms with Crippen LogP contribution in [0.4, 0.5) is 0 Å². The first kappa shape index (κ1) is 13.9. The Kier molecular flexibility index (Phi) is 4.60. The van der Waals surface area contributed by atoms with E-state index in [1.807, 2.05) is 44.2 Å². The van der Waals surface area contributed by atoms with Crippen molar-refractivity contribution in [2.75, 3.05) is 0 Å². The topological polar surface area (TPSA) is 54.4 Å². The molecule has 0 radical (unpaired) electrons. The Morgan fingerprint density at radius 2 is 1.80 bits per heavy atom. The van der Waals surface area contributed by atoms with E-state index in [4.69, 9.17) is 0 Å². The maximum absolute atomic E-state index is 11.9. The maximum Gasteiger partial charge on any atom is 0.289 e. The molecular weight excluding hydrogens is 250 g/mol. The van der Waals surface area contributed by atoms with Crippen molar-refractivity contribution >= 4 is 11.6 Å². The Hall–Kier alpha value is -2.49. The zero-order valence-corrected chi connectivity index (χ0v) is 11.6. The van der Waals surface area contributed by atoms with Gasteiger partial charge in [0.1, 0.15) is 5.69 Å². The van der Waals surface area contributed by atoms with Gasteiger partial charge in [0, 0.05) is 6.20 Å². The van der Waals surface area contributed by atoms with Gasteiger partial charge in [-0.3, -0.25) is 9.78 Å². The summed E-state index contributed by atoms with van der Waals surface area (Å²) in [6.45, 7) is 4.08. The molecular formula is C16H17N3O. The number of nitrogens with zero attached hydrogens (tertiary/aromatic N) is 2. The summed E-state index contributed by atoms with van der Waals surface area (Å²) < 4.78 is 0. The number of carbonyl (C=O) groups excluding carboxylic acids is 1. The third-order valence-corrected chi connectivity index (χ3v) is 2.79. The Labute approximate surface area is 118 Å². The van der Waals surface area contributed by atoms with Crippen LogP contribution in [0.1, 0.15) is 29.9 Å². The van der Waals surface area contributed by atoms with E-state index in [0.29, 0.717) is 5.69 Å². The normalized spacial score (nSPS) is 11.4. The minimum Gasteiger partial charge on any atom is -0.266 e. The fraction of sp³-hybridized carbons (Fsp3) is 0.188. The largest absolute Gasteiger partial charge is 0.289 e. The average molecular weight is 267 g/mol. The van der Waals surface area contributed by atoms with Gasteiger partial charge in [-0.1, -0.05) is 50.2 Å². The molecule has 0 saturated carbocycles. The first-order valence-electron chi connectivity index (χ1n) is 6.53. The highest BCUT2D eigenvalue weighted by atomic mass is 16.2. The van der Waals surface area contributed by atoms with E-state index in [1.165, 1.54) is 0 Å². The van der Waals surface area contributed by atoms with Crippen LogP contribution >= 0.6 is 0 Å². The summed E-state index contributed by atoms with van der Waals surface area (Å²) in [7, 11) is 0. The summed E-state index contributed by atoms with van der Waals surface area (Å²) in [4.78, 5) is 15.9. The zero-order chi connectivity index (χ0) is 14.4. The minimum absolute atomic E-state index is 0.210. The first-order chi connectivity index (χ1) is 9.68. The Bertz CT molecular complexity index is 592. The molecule has 0 atom stereocenters. The van der Waals surface area contributed by atoms with E-state index in [0.717, 1.165) is 11.3 Å². The molecule has 0 unspecified atom stereocenters. The van der Waals surface area contributed by atoms with Crippen molar-refractivity contribution in [3.63, 3.8) is 0 Å². The van der Waals surface area contributed by atoms with Crippen molar-refractivity contribution < 1.29 is 4.79 Å². The van der Waals surface area contributed by atoms with Crippen LogP contribution in [0.2, 0.25) is 0 Å². The van der Waals surface area contributed by atoms with Gasteiger partial charge in [-0.05, 0) is 23.6 Å². The fourth-order valence-corrected chi connectivity index (χ4v) is 1.80. The monoisotopic (exact) mass is 267 g/mol. The molecule has 0 aliphatic carbocycles. The fourth-order valence-electron chi connectivity index (χ4n) is 1.80. The second-order valence-electron chi connectivity index (χ2n) is 4.67. The Balaban J connectivity index is 2.17. The molecule has 1 heterocycles. The van der Waals surface area contributed by atoms with Crippen molar-refractivity contribution in [1.29, 1.82) is 0 Å². The van der Waals surface area contributed by atoms with E-state index >= 15 is 0 Å². The van der Waals surface area contributed by atoms with Gasteiger partial charge in [0.25, 0.3) is 5.91 Å². The molecule has 4 heteroatoms. The van der Waals surface area contributed by atoms with E-state index in [1.54, 1.807) is 24.4 Å². The van der Waals surface area contributed by atoms with Gasteiger partial charge in [-0.25, -0.2) is 5.43 Å². The molecule has 1 aromatic carbocycles. The van der Waals surface area contributed by atoms with Crippen molar-refractivity contribution in [2.45, 2.75) is 13.8 Å². The first-order valence-corrected chi connectivity index (χ1v) is 6.53. The highest BCUT2D eigenvalue weighted by molar-refractivity contribution is 6.03. The molecule has 4 nitrogen and oxygen atoms in total. The summed E-state index contributed by atoms with van der Waals surface area (Å²) in [6, 6.07) is 15.0. The number of rotatable bonds is 4. The van der Waals surface area contributed by atoms with Crippen molar-refractivity contribution in [3.05, 3.63) is 66.0 Å².